The van der Waals surface area contributed by atoms with Crippen molar-refractivity contribution < 1.29 is 28.7 Å². The zero-order valence-corrected chi connectivity index (χ0v) is 18.1. The Labute approximate surface area is 190 Å². The summed E-state index contributed by atoms with van der Waals surface area (Å²) in [5.41, 5.74) is 2.64. The molecule has 170 valence electrons. The van der Waals surface area contributed by atoms with E-state index in [0.29, 0.717) is 17.0 Å². The van der Waals surface area contributed by atoms with Crippen molar-refractivity contribution in [1.29, 1.82) is 0 Å². The van der Waals surface area contributed by atoms with Crippen LogP contribution in [0.4, 0.5) is 11.4 Å². The molecule has 9 nitrogen and oxygen atoms in total. The number of nitrogens with zero attached hydrogens (tertiary/aromatic N) is 1. The summed E-state index contributed by atoms with van der Waals surface area (Å²) in [5.74, 6) is -0.820. The number of carbonyl (C=O) groups is 2. The van der Waals surface area contributed by atoms with Gasteiger partial charge in [0.15, 0.2) is 19.0 Å². The van der Waals surface area contributed by atoms with Gasteiger partial charge in [-0.2, -0.15) is 0 Å². The van der Waals surface area contributed by atoms with E-state index in [-0.39, 0.29) is 18.0 Å². The van der Waals surface area contributed by atoms with Gasteiger partial charge in [0.2, 0.25) is 0 Å². The number of esters is 1. The van der Waals surface area contributed by atoms with Crippen LogP contribution in [0, 0.1) is 17.0 Å². The second-order valence-electron chi connectivity index (χ2n) is 6.98. The molecule has 3 aromatic rings. The minimum atomic E-state index is -0.713. The third kappa shape index (κ3) is 6.30. The second kappa shape index (κ2) is 10.8. The fourth-order valence-corrected chi connectivity index (χ4v) is 3.00. The average Bonchev–Trinajstić information content (AvgIpc) is 2.83. The number of nitrogens with one attached hydrogen (secondary N) is 1. The minimum Gasteiger partial charge on any atom is -0.490 e. The van der Waals surface area contributed by atoms with Crippen LogP contribution in [0.3, 0.4) is 0 Å². The number of carbonyl (C=O) groups excluding carboxylic acids is 2. The van der Waals surface area contributed by atoms with Gasteiger partial charge in [0.25, 0.3) is 5.91 Å². The highest BCUT2D eigenvalue weighted by Gasteiger charge is 2.18. The molecule has 0 unspecified atom stereocenters. The molecule has 0 atom stereocenters. The molecular formula is C24H22N2O7. The van der Waals surface area contributed by atoms with Gasteiger partial charge < -0.3 is 19.5 Å². The maximum Gasteiger partial charge on any atom is 0.344 e. The topological polar surface area (TPSA) is 117 Å². The Morgan fingerprint density at radius 2 is 1.64 bits per heavy atom. The van der Waals surface area contributed by atoms with Crippen LogP contribution in [-0.2, 0) is 14.3 Å². The molecule has 0 aromatic heterocycles. The Balaban J connectivity index is 1.48. The van der Waals surface area contributed by atoms with Gasteiger partial charge in [-0.05, 0) is 35.7 Å². The molecule has 0 radical (unpaired) electrons. The summed E-state index contributed by atoms with van der Waals surface area (Å²) >= 11 is 0. The number of nitro benzene ring substituents is 1. The lowest BCUT2D eigenvalue weighted by Crippen LogP contribution is -2.24. The Hall–Kier alpha value is -4.40. The summed E-state index contributed by atoms with van der Waals surface area (Å²) in [7, 11) is 1.29. The number of hydrogen-bond acceptors (Lipinski definition) is 7. The summed E-state index contributed by atoms with van der Waals surface area (Å²) in [4.78, 5) is 34.5. The number of benzene rings is 3. The van der Waals surface area contributed by atoms with Crippen molar-refractivity contribution >= 4 is 23.3 Å². The molecule has 1 amide bonds. The van der Waals surface area contributed by atoms with Gasteiger partial charge in [-0.15, -0.1) is 0 Å². The standard InChI is InChI=1S/C24H22N2O7/c1-16-12-21(26(29)30)22(31-2)13-20(16)25-23(27)14-33-24(28)15-32-19-10-8-18(9-11-19)17-6-4-3-5-7-17/h3-13H,14-15H2,1-2H3,(H,25,27). The molecule has 33 heavy (non-hydrogen) atoms. The fraction of sp³-hybridized carbons (Fsp3) is 0.167. The zero-order chi connectivity index (χ0) is 23.8. The van der Waals surface area contributed by atoms with Gasteiger partial charge in [-0.1, -0.05) is 42.5 Å². The van der Waals surface area contributed by atoms with E-state index in [4.69, 9.17) is 14.2 Å². The molecule has 0 aliphatic rings. The normalized spacial score (nSPS) is 10.2. The van der Waals surface area contributed by atoms with E-state index < -0.39 is 23.4 Å². The molecule has 0 saturated heterocycles. The summed E-state index contributed by atoms with van der Waals surface area (Å²) in [6, 6.07) is 19.7. The third-order valence-corrected chi connectivity index (χ3v) is 4.68. The molecule has 9 heteroatoms. The summed E-state index contributed by atoms with van der Waals surface area (Å²) in [5, 5.41) is 13.6. The van der Waals surface area contributed by atoms with E-state index in [9.17, 15) is 19.7 Å². The van der Waals surface area contributed by atoms with Crippen LogP contribution in [0.2, 0.25) is 0 Å². The minimum absolute atomic E-state index is 0.00424. The van der Waals surface area contributed by atoms with Crippen molar-refractivity contribution in [1.82, 2.24) is 0 Å². The number of amides is 1. The van der Waals surface area contributed by atoms with Crippen LogP contribution in [0.5, 0.6) is 11.5 Å². The lowest BCUT2D eigenvalue weighted by Gasteiger charge is -2.11. The number of methoxy groups -OCH3 is 1. The Kier molecular flexibility index (Phi) is 7.59. The zero-order valence-electron chi connectivity index (χ0n) is 18.1. The number of aryl methyl sites for hydroxylation is 1. The smallest absolute Gasteiger partial charge is 0.344 e. The van der Waals surface area contributed by atoms with Gasteiger partial charge >= 0.3 is 11.7 Å². The third-order valence-electron chi connectivity index (χ3n) is 4.68. The van der Waals surface area contributed by atoms with E-state index in [0.717, 1.165) is 11.1 Å². The van der Waals surface area contributed by atoms with Gasteiger partial charge in [-0.3, -0.25) is 14.9 Å². The van der Waals surface area contributed by atoms with Gasteiger partial charge in [-0.25, -0.2) is 4.79 Å². The van der Waals surface area contributed by atoms with E-state index in [2.05, 4.69) is 5.32 Å². The predicted octanol–water partition coefficient (Wildman–Crippen LogP) is 4.14. The van der Waals surface area contributed by atoms with E-state index >= 15 is 0 Å². The Bertz CT molecular complexity index is 1150. The monoisotopic (exact) mass is 450 g/mol. The van der Waals surface area contributed by atoms with Crippen molar-refractivity contribution in [3.63, 3.8) is 0 Å². The van der Waals surface area contributed by atoms with E-state index in [1.807, 2.05) is 42.5 Å². The largest absolute Gasteiger partial charge is 0.490 e. The molecule has 0 saturated carbocycles. The predicted molar refractivity (Wildman–Crippen MR) is 121 cm³/mol. The molecule has 1 N–H and O–H groups in total. The summed E-state index contributed by atoms with van der Waals surface area (Å²) < 4.78 is 15.3. The van der Waals surface area contributed by atoms with Crippen molar-refractivity contribution in [2.45, 2.75) is 6.92 Å². The molecular weight excluding hydrogens is 428 g/mol. The molecule has 0 bridgehead atoms. The molecule has 3 aromatic carbocycles. The van der Waals surface area contributed by atoms with E-state index in [1.165, 1.54) is 19.2 Å². The Morgan fingerprint density at radius 3 is 2.27 bits per heavy atom. The van der Waals surface area contributed by atoms with Crippen LogP contribution in [0.25, 0.3) is 11.1 Å². The van der Waals surface area contributed by atoms with Crippen LogP contribution < -0.4 is 14.8 Å². The summed E-state index contributed by atoms with van der Waals surface area (Å²) in [6.07, 6.45) is 0. The molecule has 0 fully saturated rings. The molecule has 0 spiro atoms. The van der Waals surface area contributed by atoms with Gasteiger partial charge in [0, 0.05) is 17.8 Å². The quantitative estimate of drug-likeness (QED) is 0.296. The number of rotatable bonds is 9. The first-order valence-corrected chi connectivity index (χ1v) is 9.94. The first kappa shape index (κ1) is 23.3. The second-order valence-corrected chi connectivity index (χ2v) is 6.98. The molecule has 3 rings (SSSR count). The van der Waals surface area contributed by atoms with Gasteiger partial charge in [0.05, 0.1) is 12.0 Å². The highest BCUT2D eigenvalue weighted by molar-refractivity contribution is 5.94. The van der Waals surface area contributed by atoms with Crippen LogP contribution in [0.1, 0.15) is 5.56 Å². The maximum absolute atomic E-state index is 12.1. The maximum atomic E-state index is 12.1. The van der Waals surface area contributed by atoms with Crippen molar-refractivity contribution in [3.05, 3.63) is 82.4 Å². The number of anilines is 1. The van der Waals surface area contributed by atoms with Crippen molar-refractivity contribution in [2.75, 3.05) is 25.6 Å². The molecule has 0 aliphatic heterocycles. The van der Waals surface area contributed by atoms with Crippen LogP contribution in [-0.4, -0.2) is 37.1 Å². The highest BCUT2D eigenvalue weighted by atomic mass is 16.6. The van der Waals surface area contributed by atoms with Gasteiger partial charge in [0.1, 0.15) is 5.75 Å². The summed E-state index contributed by atoms with van der Waals surface area (Å²) in [6.45, 7) is 0.710. The molecule has 0 aliphatic carbocycles. The van der Waals surface area contributed by atoms with E-state index in [1.54, 1.807) is 19.1 Å². The fourth-order valence-electron chi connectivity index (χ4n) is 3.00. The highest BCUT2D eigenvalue weighted by Crippen LogP contribution is 2.32. The lowest BCUT2D eigenvalue weighted by molar-refractivity contribution is -0.385. The SMILES string of the molecule is COc1cc(NC(=O)COC(=O)COc2ccc(-c3ccccc3)cc2)c(C)cc1[N+](=O)[O-]. The van der Waals surface area contributed by atoms with Crippen molar-refractivity contribution in [2.24, 2.45) is 0 Å². The average molecular weight is 450 g/mol. The van der Waals surface area contributed by atoms with Crippen molar-refractivity contribution in [3.8, 4) is 22.6 Å². The molecule has 0 heterocycles. The number of hydrogen-bond donors (Lipinski definition) is 1. The first-order chi connectivity index (χ1) is 15.9. The van der Waals surface area contributed by atoms with Crippen LogP contribution >= 0.6 is 0 Å². The van der Waals surface area contributed by atoms with Crippen LogP contribution in [0.15, 0.2) is 66.7 Å². The number of ether oxygens (including phenoxy) is 3. The number of nitro groups is 1. The Morgan fingerprint density at radius 1 is 0.970 bits per heavy atom. The lowest BCUT2D eigenvalue weighted by atomic mass is 10.1. The first-order valence-electron chi connectivity index (χ1n) is 9.94.